The van der Waals surface area contributed by atoms with Crippen molar-refractivity contribution in [2.45, 2.75) is 51.4 Å². The molecular weight excluding hydrogens is 390 g/mol. The molecule has 3 aromatic rings. The number of rotatable bonds is 6. The van der Waals surface area contributed by atoms with Gasteiger partial charge in [-0.2, -0.15) is 4.98 Å². The van der Waals surface area contributed by atoms with Crippen LogP contribution in [0.3, 0.4) is 0 Å². The number of amides is 1. The zero-order valence-electron chi connectivity index (χ0n) is 17.5. The fourth-order valence-electron chi connectivity index (χ4n) is 6.83. The number of anilines is 1. The Labute approximate surface area is 181 Å². The number of hydrogen-bond donors (Lipinski definition) is 1. The van der Waals surface area contributed by atoms with Gasteiger partial charge in [0, 0.05) is 12.1 Å². The van der Waals surface area contributed by atoms with Gasteiger partial charge in [-0.1, -0.05) is 23.4 Å². The standard InChI is InChI=1S/C25H27N3O3/c29-22(15-25-12-16-8-17(13-25)10-18(9-16)14-25)26-20-5-2-1-4-19(20)11-23-27-24(28-31-23)21-6-3-7-30-21/h1-7,16-18H,8-15H2,(H,26,29). The van der Waals surface area contributed by atoms with Crippen molar-refractivity contribution in [3.05, 3.63) is 54.1 Å². The summed E-state index contributed by atoms with van der Waals surface area (Å²) in [5.74, 6) is 4.20. The normalized spacial score (nSPS) is 28.7. The van der Waals surface area contributed by atoms with Gasteiger partial charge in [0.2, 0.25) is 17.6 Å². The number of para-hydroxylation sites is 1. The van der Waals surface area contributed by atoms with Gasteiger partial charge in [0.15, 0.2) is 5.76 Å². The van der Waals surface area contributed by atoms with Crippen molar-refractivity contribution >= 4 is 11.6 Å². The summed E-state index contributed by atoms with van der Waals surface area (Å²) in [6, 6.07) is 11.5. The highest BCUT2D eigenvalue weighted by molar-refractivity contribution is 5.92. The molecule has 7 rings (SSSR count). The molecule has 4 aliphatic rings. The molecule has 160 valence electrons. The second-order valence-corrected chi connectivity index (χ2v) is 9.97. The monoisotopic (exact) mass is 417 g/mol. The van der Waals surface area contributed by atoms with Gasteiger partial charge in [-0.15, -0.1) is 0 Å². The molecule has 0 spiro atoms. The minimum atomic E-state index is 0.135. The number of aromatic nitrogens is 2. The Morgan fingerprint density at radius 3 is 2.48 bits per heavy atom. The number of carbonyl (C=O) groups excluding carboxylic acids is 1. The number of benzene rings is 1. The summed E-state index contributed by atoms with van der Waals surface area (Å²) in [6.45, 7) is 0. The molecule has 1 aromatic carbocycles. The summed E-state index contributed by atoms with van der Waals surface area (Å²) in [5.41, 5.74) is 2.03. The van der Waals surface area contributed by atoms with Crippen molar-refractivity contribution in [1.29, 1.82) is 0 Å². The molecule has 1 N–H and O–H groups in total. The number of hydrogen-bond acceptors (Lipinski definition) is 5. The minimum absolute atomic E-state index is 0.135. The van der Waals surface area contributed by atoms with Crippen LogP contribution in [0.2, 0.25) is 0 Å². The largest absolute Gasteiger partial charge is 0.461 e. The zero-order chi connectivity index (χ0) is 20.8. The molecule has 0 radical (unpaired) electrons. The maximum Gasteiger partial charge on any atom is 0.238 e. The molecule has 0 aliphatic heterocycles. The van der Waals surface area contributed by atoms with Gasteiger partial charge in [0.05, 0.1) is 12.7 Å². The average Bonchev–Trinajstić information content (AvgIpc) is 3.40. The van der Waals surface area contributed by atoms with Crippen LogP contribution in [0.4, 0.5) is 5.69 Å². The molecule has 31 heavy (non-hydrogen) atoms. The van der Waals surface area contributed by atoms with Crippen molar-refractivity contribution in [3.63, 3.8) is 0 Å². The zero-order valence-corrected chi connectivity index (χ0v) is 17.5. The third kappa shape index (κ3) is 3.68. The van der Waals surface area contributed by atoms with E-state index >= 15 is 0 Å². The second kappa shape index (κ2) is 7.36. The molecule has 4 bridgehead atoms. The van der Waals surface area contributed by atoms with Crippen LogP contribution < -0.4 is 5.32 Å². The van der Waals surface area contributed by atoms with Crippen molar-refractivity contribution < 1.29 is 13.7 Å². The topological polar surface area (TPSA) is 81.2 Å². The number of nitrogens with one attached hydrogen (secondary N) is 1. The van der Waals surface area contributed by atoms with E-state index in [1.54, 1.807) is 18.4 Å². The molecular formula is C25H27N3O3. The summed E-state index contributed by atoms with van der Waals surface area (Å²) in [5, 5.41) is 7.19. The highest BCUT2D eigenvalue weighted by Crippen LogP contribution is 2.61. The Balaban J connectivity index is 1.15. The van der Waals surface area contributed by atoms with Gasteiger partial charge >= 0.3 is 0 Å². The van der Waals surface area contributed by atoms with Crippen molar-refractivity contribution in [3.8, 4) is 11.6 Å². The molecule has 4 fully saturated rings. The van der Waals surface area contributed by atoms with Crippen LogP contribution in [-0.4, -0.2) is 16.0 Å². The first kappa shape index (κ1) is 18.8. The van der Waals surface area contributed by atoms with Gasteiger partial charge in [-0.05, 0) is 85.5 Å². The molecule has 2 heterocycles. The van der Waals surface area contributed by atoms with E-state index < -0.39 is 0 Å². The molecule has 0 saturated heterocycles. The lowest BCUT2D eigenvalue weighted by Crippen LogP contribution is -2.47. The Hall–Kier alpha value is -2.89. The smallest absolute Gasteiger partial charge is 0.238 e. The quantitative estimate of drug-likeness (QED) is 0.575. The molecule has 0 unspecified atom stereocenters. The first-order chi connectivity index (χ1) is 15.1. The van der Waals surface area contributed by atoms with Crippen LogP contribution >= 0.6 is 0 Å². The molecule has 1 amide bonds. The Morgan fingerprint density at radius 2 is 1.77 bits per heavy atom. The van der Waals surface area contributed by atoms with Gasteiger partial charge in [0.1, 0.15) is 0 Å². The van der Waals surface area contributed by atoms with Crippen LogP contribution in [0.15, 0.2) is 51.6 Å². The predicted molar refractivity (Wildman–Crippen MR) is 115 cm³/mol. The first-order valence-corrected chi connectivity index (χ1v) is 11.4. The van der Waals surface area contributed by atoms with Crippen LogP contribution in [0, 0.1) is 23.2 Å². The van der Waals surface area contributed by atoms with Crippen LogP contribution in [0.5, 0.6) is 0 Å². The number of furan rings is 1. The third-order valence-electron chi connectivity index (χ3n) is 7.54. The highest BCUT2D eigenvalue weighted by atomic mass is 16.5. The number of nitrogens with zero attached hydrogens (tertiary/aromatic N) is 2. The van der Waals surface area contributed by atoms with Crippen molar-refractivity contribution in [1.82, 2.24) is 10.1 Å². The van der Waals surface area contributed by atoms with E-state index in [4.69, 9.17) is 8.94 Å². The van der Waals surface area contributed by atoms with E-state index in [-0.39, 0.29) is 11.3 Å². The summed E-state index contributed by atoms with van der Waals surface area (Å²) in [6.07, 6.45) is 10.6. The van der Waals surface area contributed by atoms with E-state index in [9.17, 15) is 4.79 Å². The molecule has 4 aliphatic carbocycles. The molecule has 6 heteroatoms. The number of carbonyl (C=O) groups is 1. The minimum Gasteiger partial charge on any atom is -0.461 e. The summed E-state index contributed by atoms with van der Waals surface area (Å²) in [7, 11) is 0. The predicted octanol–water partition coefficient (Wildman–Crippen LogP) is 5.47. The molecule has 4 saturated carbocycles. The Bertz CT molecular complexity index is 1050. The maximum absolute atomic E-state index is 13.1. The summed E-state index contributed by atoms with van der Waals surface area (Å²) in [4.78, 5) is 17.5. The average molecular weight is 418 g/mol. The van der Waals surface area contributed by atoms with Gasteiger partial charge in [-0.3, -0.25) is 4.79 Å². The second-order valence-electron chi connectivity index (χ2n) is 9.97. The van der Waals surface area contributed by atoms with Crippen LogP contribution in [-0.2, 0) is 11.2 Å². The molecule has 6 nitrogen and oxygen atoms in total. The lowest BCUT2D eigenvalue weighted by molar-refractivity contribution is -0.124. The van der Waals surface area contributed by atoms with E-state index in [1.165, 1.54) is 38.5 Å². The summed E-state index contributed by atoms with van der Waals surface area (Å²) < 4.78 is 10.7. The third-order valence-corrected chi connectivity index (χ3v) is 7.54. The lowest BCUT2D eigenvalue weighted by Gasteiger charge is -2.56. The van der Waals surface area contributed by atoms with E-state index in [2.05, 4.69) is 15.5 Å². The lowest BCUT2D eigenvalue weighted by atomic mass is 9.49. The van der Waals surface area contributed by atoms with Crippen LogP contribution in [0.25, 0.3) is 11.6 Å². The van der Waals surface area contributed by atoms with E-state index in [0.717, 1.165) is 29.0 Å². The van der Waals surface area contributed by atoms with Gasteiger partial charge in [-0.25, -0.2) is 0 Å². The van der Waals surface area contributed by atoms with Crippen molar-refractivity contribution in [2.24, 2.45) is 23.2 Å². The molecule has 0 atom stereocenters. The van der Waals surface area contributed by atoms with Gasteiger partial charge in [0.25, 0.3) is 0 Å². The molecule has 2 aromatic heterocycles. The SMILES string of the molecule is O=C(CC12CC3CC(CC(C3)C1)C2)Nc1ccccc1Cc1nc(-c2ccco2)no1. The Morgan fingerprint density at radius 1 is 1.03 bits per heavy atom. The Kier molecular flexibility index (Phi) is 4.47. The van der Waals surface area contributed by atoms with Crippen molar-refractivity contribution in [2.75, 3.05) is 5.32 Å². The first-order valence-electron chi connectivity index (χ1n) is 11.4. The fraction of sp³-hybridized carbons (Fsp3) is 0.480. The van der Waals surface area contributed by atoms with Gasteiger partial charge < -0.3 is 14.3 Å². The maximum atomic E-state index is 13.1. The van der Waals surface area contributed by atoms with E-state index in [1.807, 2.05) is 24.3 Å². The van der Waals surface area contributed by atoms with E-state index in [0.29, 0.717) is 30.3 Å². The highest BCUT2D eigenvalue weighted by Gasteiger charge is 2.51. The fourth-order valence-corrected chi connectivity index (χ4v) is 6.83. The van der Waals surface area contributed by atoms with Crippen LogP contribution in [0.1, 0.15) is 56.4 Å². The summed E-state index contributed by atoms with van der Waals surface area (Å²) >= 11 is 0.